The van der Waals surface area contributed by atoms with E-state index in [4.69, 9.17) is 27.9 Å². The van der Waals surface area contributed by atoms with E-state index in [0.29, 0.717) is 38.1 Å². The van der Waals surface area contributed by atoms with E-state index in [1.54, 1.807) is 31.2 Å². The highest BCUT2D eigenvalue weighted by molar-refractivity contribution is 7.99. The highest BCUT2D eigenvalue weighted by Crippen LogP contribution is 2.29. The molecule has 128 valence electrons. The van der Waals surface area contributed by atoms with Crippen molar-refractivity contribution in [2.24, 2.45) is 0 Å². The predicted molar refractivity (Wildman–Crippen MR) is 93.5 cm³/mol. The molecule has 0 spiro atoms. The van der Waals surface area contributed by atoms with E-state index in [0.717, 1.165) is 0 Å². The molecule has 0 aliphatic carbocycles. The van der Waals surface area contributed by atoms with Gasteiger partial charge in [-0.25, -0.2) is 0 Å². The lowest BCUT2D eigenvalue weighted by atomic mass is 10.3. The van der Waals surface area contributed by atoms with E-state index in [-0.39, 0.29) is 0 Å². The molecule has 2 rings (SSSR count). The van der Waals surface area contributed by atoms with E-state index < -0.39 is 17.8 Å². The van der Waals surface area contributed by atoms with Crippen LogP contribution in [0.15, 0.2) is 47.4 Å². The third-order valence-electron chi connectivity index (χ3n) is 2.91. The fourth-order valence-corrected chi connectivity index (χ4v) is 2.73. The van der Waals surface area contributed by atoms with Gasteiger partial charge >= 0.3 is 0 Å². The topological polar surface area (TPSA) is 38.3 Å². The van der Waals surface area contributed by atoms with E-state index in [2.05, 4.69) is 5.32 Å². The summed E-state index contributed by atoms with van der Waals surface area (Å²) in [6.45, 7) is 1.57. The summed E-state index contributed by atoms with van der Waals surface area (Å²) in [4.78, 5) is 12.5. The number of hydrogen-bond donors (Lipinski definition) is 1. The summed E-state index contributed by atoms with van der Waals surface area (Å²) >= 11 is 12.2. The number of amides is 1. The van der Waals surface area contributed by atoms with Crippen molar-refractivity contribution in [3.63, 3.8) is 0 Å². The largest absolute Gasteiger partial charge is 0.479 e. The zero-order valence-corrected chi connectivity index (χ0v) is 14.8. The molecule has 2 aromatic rings. The highest BCUT2D eigenvalue weighted by Gasteiger charge is 2.16. The zero-order chi connectivity index (χ0) is 17.7. The second-order valence-electron chi connectivity index (χ2n) is 4.73. The van der Waals surface area contributed by atoms with Crippen molar-refractivity contribution in [3.8, 4) is 5.75 Å². The van der Waals surface area contributed by atoms with Gasteiger partial charge in [-0.15, -0.1) is 0 Å². The number of anilines is 1. The van der Waals surface area contributed by atoms with E-state index in [9.17, 15) is 13.6 Å². The molecule has 8 heteroatoms. The minimum absolute atomic E-state index is 0.301. The van der Waals surface area contributed by atoms with Crippen LogP contribution in [-0.4, -0.2) is 17.8 Å². The number of benzene rings is 2. The second kappa shape index (κ2) is 8.55. The Kier molecular flexibility index (Phi) is 6.71. The molecule has 3 nitrogen and oxygen atoms in total. The summed E-state index contributed by atoms with van der Waals surface area (Å²) in [7, 11) is 0. The van der Waals surface area contributed by atoms with E-state index in [1.165, 1.54) is 18.2 Å². The molecule has 1 atom stereocenters. The van der Waals surface area contributed by atoms with Crippen molar-refractivity contribution < 1.29 is 18.3 Å². The maximum absolute atomic E-state index is 12.3. The molecule has 1 amide bonds. The number of alkyl halides is 2. The summed E-state index contributed by atoms with van der Waals surface area (Å²) in [5.41, 5.74) is 0.483. The molecule has 0 saturated heterocycles. The number of ether oxygens (including phenoxy) is 1. The average Bonchev–Trinajstić information content (AvgIpc) is 2.51. The van der Waals surface area contributed by atoms with Crippen LogP contribution >= 0.6 is 35.0 Å². The van der Waals surface area contributed by atoms with Crippen molar-refractivity contribution in [2.45, 2.75) is 23.7 Å². The van der Waals surface area contributed by atoms with Crippen LogP contribution in [0.25, 0.3) is 0 Å². The zero-order valence-electron chi connectivity index (χ0n) is 12.4. The first-order chi connectivity index (χ1) is 11.3. The summed E-state index contributed by atoms with van der Waals surface area (Å²) in [6.07, 6.45) is -0.807. The fraction of sp³-hybridized carbons (Fsp3) is 0.188. The molecular formula is C16H13Cl2F2NO2S. The summed E-state index contributed by atoms with van der Waals surface area (Å²) in [6, 6.07) is 10.8. The van der Waals surface area contributed by atoms with Crippen LogP contribution in [0.1, 0.15) is 6.92 Å². The average molecular weight is 392 g/mol. The van der Waals surface area contributed by atoms with Gasteiger partial charge in [-0.2, -0.15) is 8.78 Å². The maximum atomic E-state index is 12.3. The van der Waals surface area contributed by atoms with Crippen LogP contribution in [-0.2, 0) is 4.79 Å². The van der Waals surface area contributed by atoms with Crippen LogP contribution in [0.5, 0.6) is 5.75 Å². The summed E-state index contributed by atoms with van der Waals surface area (Å²) in [5, 5.41) is 3.41. The Labute approximate surface area is 152 Å². The van der Waals surface area contributed by atoms with Gasteiger partial charge in [0.05, 0.1) is 5.02 Å². The molecule has 0 aromatic heterocycles. The van der Waals surface area contributed by atoms with Gasteiger partial charge in [0, 0.05) is 15.6 Å². The smallest absolute Gasteiger partial charge is 0.288 e. The third-order valence-corrected chi connectivity index (χ3v) is 4.17. The van der Waals surface area contributed by atoms with Gasteiger partial charge in [-0.1, -0.05) is 35.0 Å². The Morgan fingerprint density at radius 3 is 2.42 bits per heavy atom. The van der Waals surface area contributed by atoms with Gasteiger partial charge in [0.25, 0.3) is 11.7 Å². The standard InChI is InChI=1S/C16H13Cl2F2NO2S/c1-9(23-14-7-2-10(17)8-13(14)18)15(22)21-11-3-5-12(6-4-11)24-16(19)20/h2-9,16H,1H3,(H,21,22)/t9-/m1/s1. The Morgan fingerprint density at radius 2 is 1.83 bits per heavy atom. The van der Waals surface area contributed by atoms with Crippen LogP contribution < -0.4 is 10.1 Å². The van der Waals surface area contributed by atoms with Gasteiger partial charge in [-0.3, -0.25) is 4.79 Å². The predicted octanol–water partition coefficient (Wildman–Crippen LogP) is 5.71. The number of rotatable bonds is 6. The number of hydrogen-bond acceptors (Lipinski definition) is 3. The second-order valence-corrected chi connectivity index (χ2v) is 6.63. The Morgan fingerprint density at radius 1 is 1.17 bits per heavy atom. The molecule has 0 fully saturated rings. The molecule has 0 unspecified atom stereocenters. The lowest BCUT2D eigenvalue weighted by Crippen LogP contribution is -2.30. The monoisotopic (exact) mass is 391 g/mol. The lowest BCUT2D eigenvalue weighted by molar-refractivity contribution is -0.122. The molecule has 0 heterocycles. The first-order valence-electron chi connectivity index (χ1n) is 6.82. The molecule has 0 aliphatic rings. The molecule has 0 saturated carbocycles. The van der Waals surface area contributed by atoms with Crippen LogP contribution in [0.4, 0.5) is 14.5 Å². The number of halogens is 4. The van der Waals surface area contributed by atoms with Crippen molar-refractivity contribution in [1.82, 2.24) is 0 Å². The van der Waals surface area contributed by atoms with Gasteiger partial charge in [-0.05, 0) is 49.4 Å². The fourth-order valence-electron chi connectivity index (χ4n) is 1.78. The SMILES string of the molecule is C[C@@H](Oc1ccc(Cl)cc1Cl)C(=O)Nc1ccc(SC(F)F)cc1. The minimum atomic E-state index is -2.48. The van der Waals surface area contributed by atoms with Gasteiger partial charge in [0.1, 0.15) is 5.75 Å². The van der Waals surface area contributed by atoms with Crippen molar-refractivity contribution in [3.05, 3.63) is 52.5 Å². The van der Waals surface area contributed by atoms with Crippen LogP contribution in [0.2, 0.25) is 10.0 Å². The number of thioether (sulfide) groups is 1. The van der Waals surface area contributed by atoms with E-state index >= 15 is 0 Å². The first-order valence-corrected chi connectivity index (χ1v) is 8.46. The van der Waals surface area contributed by atoms with E-state index in [1.807, 2.05) is 0 Å². The summed E-state index contributed by atoms with van der Waals surface area (Å²) in [5.74, 6) is -2.54. The van der Waals surface area contributed by atoms with Crippen LogP contribution in [0.3, 0.4) is 0 Å². The summed E-state index contributed by atoms with van der Waals surface area (Å²) < 4.78 is 30.0. The Balaban J connectivity index is 1.96. The van der Waals surface area contributed by atoms with Crippen molar-refractivity contribution >= 4 is 46.6 Å². The first kappa shape index (κ1) is 18.8. The van der Waals surface area contributed by atoms with Gasteiger partial charge in [0.15, 0.2) is 6.10 Å². The molecule has 24 heavy (non-hydrogen) atoms. The number of carbonyl (C=O) groups excluding carboxylic acids is 1. The molecule has 0 aliphatic heterocycles. The maximum Gasteiger partial charge on any atom is 0.288 e. The Bertz CT molecular complexity index is 714. The number of nitrogens with one attached hydrogen (secondary N) is 1. The molecule has 0 radical (unpaired) electrons. The minimum Gasteiger partial charge on any atom is -0.479 e. The van der Waals surface area contributed by atoms with Crippen LogP contribution in [0, 0.1) is 0 Å². The Hall–Kier alpha value is -1.50. The molecular weight excluding hydrogens is 379 g/mol. The molecule has 1 N–H and O–H groups in total. The molecule has 0 bridgehead atoms. The molecule has 2 aromatic carbocycles. The lowest BCUT2D eigenvalue weighted by Gasteiger charge is -2.16. The van der Waals surface area contributed by atoms with Crippen molar-refractivity contribution in [1.29, 1.82) is 0 Å². The van der Waals surface area contributed by atoms with Gasteiger partial charge in [0.2, 0.25) is 0 Å². The third kappa shape index (κ3) is 5.54. The van der Waals surface area contributed by atoms with Crippen molar-refractivity contribution in [2.75, 3.05) is 5.32 Å². The quantitative estimate of drug-likeness (QED) is 0.640. The normalized spacial score (nSPS) is 12.1. The number of carbonyl (C=O) groups is 1. The highest BCUT2D eigenvalue weighted by atomic mass is 35.5. The van der Waals surface area contributed by atoms with Gasteiger partial charge < -0.3 is 10.1 Å².